The third-order valence-electron chi connectivity index (χ3n) is 4.01. The Bertz CT molecular complexity index is 893. The van der Waals surface area contributed by atoms with E-state index in [-0.39, 0.29) is 19.1 Å². The molecule has 1 aliphatic rings. The van der Waals surface area contributed by atoms with E-state index in [9.17, 15) is 4.79 Å². The highest BCUT2D eigenvalue weighted by Gasteiger charge is 2.31. The summed E-state index contributed by atoms with van der Waals surface area (Å²) in [6, 6.07) is 11.2. The van der Waals surface area contributed by atoms with Crippen LogP contribution in [0.15, 0.2) is 46.3 Å². The van der Waals surface area contributed by atoms with Crippen LogP contribution in [0.4, 0.5) is 0 Å². The third kappa shape index (κ3) is 3.28. The van der Waals surface area contributed by atoms with Gasteiger partial charge in [-0.25, -0.2) is 0 Å². The van der Waals surface area contributed by atoms with Gasteiger partial charge < -0.3 is 18.9 Å². The minimum Gasteiger partial charge on any atom is -0.485 e. The summed E-state index contributed by atoms with van der Waals surface area (Å²) in [6.07, 6.45) is -0.690. The van der Waals surface area contributed by atoms with Crippen molar-refractivity contribution in [3.63, 3.8) is 0 Å². The standard InChI is InChI=1S/C18H17N3O4S/c1-2-21(10-16-19-17(20-25-16)15-8-5-9-26-15)18(22)14-11-23-12-6-3-4-7-13(12)24-14/h3-9,14H,2,10-11H2,1H3/t14-/m1/s1. The van der Waals surface area contributed by atoms with Crippen LogP contribution in [0.3, 0.4) is 0 Å². The molecular weight excluding hydrogens is 354 g/mol. The molecule has 0 aliphatic carbocycles. The first-order valence-electron chi connectivity index (χ1n) is 8.28. The summed E-state index contributed by atoms with van der Waals surface area (Å²) < 4.78 is 16.7. The van der Waals surface area contributed by atoms with Gasteiger partial charge in [0.05, 0.1) is 4.88 Å². The van der Waals surface area contributed by atoms with Crippen molar-refractivity contribution in [1.29, 1.82) is 0 Å². The number of nitrogens with zero attached hydrogens (tertiary/aromatic N) is 3. The Morgan fingerprint density at radius 1 is 1.27 bits per heavy atom. The maximum atomic E-state index is 12.8. The van der Waals surface area contributed by atoms with Crippen molar-refractivity contribution in [1.82, 2.24) is 15.0 Å². The van der Waals surface area contributed by atoms with E-state index in [0.29, 0.717) is 29.8 Å². The second-order valence-electron chi connectivity index (χ2n) is 5.71. The Hall–Kier alpha value is -2.87. The monoisotopic (exact) mass is 371 g/mol. The van der Waals surface area contributed by atoms with Crippen LogP contribution in [0, 0.1) is 0 Å². The fourth-order valence-electron chi connectivity index (χ4n) is 2.68. The summed E-state index contributed by atoms with van der Waals surface area (Å²) in [7, 11) is 0. The Kier molecular flexibility index (Phi) is 4.57. The Labute approximate surface area is 154 Å². The van der Waals surface area contributed by atoms with Gasteiger partial charge in [-0.3, -0.25) is 4.79 Å². The molecule has 0 radical (unpaired) electrons. The molecule has 134 valence electrons. The minimum absolute atomic E-state index is 0.169. The molecule has 3 aromatic rings. The van der Waals surface area contributed by atoms with E-state index in [1.54, 1.807) is 11.0 Å². The van der Waals surface area contributed by atoms with Crippen LogP contribution < -0.4 is 9.47 Å². The second kappa shape index (κ2) is 7.17. The van der Waals surface area contributed by atoms with Crippen molar-refractivity contribution in [3.05, 3.63) is 47.7 Å². The third-order valence-corrected chi connectivity index (χ3v) is 4.88. The van der Waals surface area contributed by atoms with Crippen LogP contribution in [0.25, 0.3) is 10.7 Å². The number of likely N-dealkylation sites (N-methyl/N-ethyl adjacent to an activating group) is 1. The highest BCUT2D eigenvalue weighted by atomic mass is 32.1. The summed E-state index contributed by atoms with van der Waals surface area (Å²) in [5.74, 6) is 1.98. The topological polar surface area (TPSA) is 77.7 Å². The zero-order valence-electron chi connectivity index (χ0n) is 14.1. The van der Waals surface area contributed by atoms with Crippen LogP contribution in [0.2, 0.25) is 0 Å². The van der Waals surface area contributed by atoms with Crippen molar-refractivity contribution < 1.29 is 18.8 Å². The molecule has 7 nitrogen and oxygen atoms in total. The number of aromatic nitrogens is 2. The second-order valence-corrected chi connectivity index (χ2v) is 6.65. The average molecular weight is 371 g/mol. The molecule has 0 spiro atoms. The predicted octanol–water partition coefficient (Wildman–Crippen LogP) is 2.99. The number of ether oxygens (including phenoxy) is 2. The highest BCUT2D eigenvalue weighted by molar-refractivity contribution is 7.13. The molecule has 0 bridgehead atoms. The number of hydrogen-bond acceptors (Lipinski definition) is 7. The largest absolute Gasteiger partial charge is 0.485 e. The van der Waals surface area contributed by atoms with Gasteiger partial charge in [0.15, 0.2) is 11.5 Å². The van der Waals surface area contributed by atoms with E-state index >= 15 is 0 Å². The number of fused-ring (bicyclic) bond motifs is 1. The minimum atomic E-state index is -0.690. The smallest absolute Gasteiger partial charge is 0.267 e. The summed E-state index contributed by atoms with van der Waals surface area (Å²) >= 11 is 1.53. The fourth-order valence-corrected chi connectivity index (χ4v) is 3.33. The van der Waals surface area contributed by atoms with E-state index in [1.807, 2.05) is 42.6 Å². The molecule has 0 saturated carbocycles. The van der Waals surface area contributed by atoms with Crippen molar-refractivity contribution >= 4 is 17.2 Å². The SMILES string of the molecule is CCN(Cc1nc(-c2cccs2)no1)C(=O)[C@H]1COc2ccccc2O1. The normalized spacial score (nSPS) is 15.7. The molecule has 1 aliphatic heterocycles. The van der Waals surface area contributed by atoms with Crippen molar-refractivity contribution in [2.45, 2.75) is 19.6 Å². The summed E-state index contributed by atoms with van der Waals surface area (Å²) in [5.41, 5.74) is 0. The Balaban J connectivity index is 1.45. The van der Waals surface area contributed by atoms with Gasteiger partial charge in [-0.15, -0.1) is 11.3 Å². The number of hydrogen-bond donors (Lipinski definition) is 0. The van der Waals surface area contributed by atoms with Gasteiger partial charge in [0.1, 0.15) is 13.2 Å². The first-order chi connectivity index (χ1) is 12.7. The number of carbonyl (C=O) groups is 1. The highest BCUT2D eigenvalue weighted by Crippen LogP contribution is 2.31. The number of carbonyl (C=O) groups excluding carboxylic acids is 1. The number of benzene rings is 1. The summed E-state index contributed by atoms with van der Waals surface area (Å²) in [4.78, 5) is 19.7. The van der Waals surface area contributed by atoms with Gasteiger partial charge in [0.25, 0.3) is 5.91 Å². The van der Waals surface area contributed by atoms with Crippen LogP contribution in [-0.4, -0.2) is 40.2 Å². The Morgan fingerprint density at radius 3 is 2.88 bits per heavy atom. The molecule has 0 saturated heterocycles. The van der Waals surface area contributed by atoms with Crippen LogP contribution in [-0.2, 0) is 11.3 Å². The number of rotatable bonds is 5. The summed E-state index contributed by atoms with van der Waals surface area (Å²) in [6.45, 7) is 2.80. The number of thiophene rings is 1. The van der Waals surface area contributed by atoms with Crippen LogP contribution in [0.1, 0.15) is 12.8 Å². The van der Waals surface area contributed by atoms with E-state index in [0.717, 1.165) is 4.88 Å². The lowest BCUT2D eigenvalue weighted by Gasteiger charge is -2.29. The number of para-hydroxylation sites is 2. The molecular formula is C18H17N3O4S. The van der Waals surface area contributed by atoms with Gasteiger partial charge in [-0.1, -0.05) is 23.4 Å². The predicted molar refractivity (Wildman–Crippen MR) is 95.1 cm³/mol. The molecule has 1 amide bonds. The number of amides is 1. The first-order valence-corrected chi connectivity index (χ1v) is 9.16. The molecule has 0 N–H and O–H groups in total. The zero-order chi connectivity index (χ0) is 17.9. The molecule has 0 fully saturated rings. The molecule has 1 atom stereocenters. The van der Waals surface area contributed by atoms with Crippen LogP contribution >= 0.6 is 11.3 Å². The molecule has 3 heterocycles. The maximum absolute atomic E-state index is 12.8. The van der Waals surface area contributed by atoms with Crippen molar-refractivity contribution in [2.75, 3.05) is 13.2 Å². The molecule has 1 aromatic carbocycles. The van der Waals surface area contributed by atoms with Crippen molar-refractivity contribution in [2.24, 2.45) is 0 Å². The zero-order valence-corrected chi connectivity index (χ0v) is 14.9. The van der Waals surface area contributed by atoms with E-state index in [4.69, 9.17) is 14.0 Å². The molecule has 2 aromatic heterocycles. The van der Waals surface area contributed by atoms with Gasteiger partial charge in [0, 0.05) is 6.54 Å². The average Bonchev–Trinajstić information content (AvgIpc) is 3.36. The van der Waals surface area contributed by atoms with Gasteiger partial charge in [-0.2, -0.15) is 4.98 Å². The van der Waals surface area contributed by atoms with Crippen molar-refractivity contribution in [3.8, 4) is 22.2 Å². The quantitative estimate of drug-likeness (QED) is 0.686. The van der Waals surface area contributed by atoms with E-state index in [1.165, 1.54) is 11.3 Å². The first kappa shape index (κ1) is 16.6. The lowest BCUT2D eigenvalue weighted by molar-refractivity contribution is -0.142. The Morgan fingerprint density at radius 2 is 2.12 bits per heavy atom. The van der Waals surface area contributed by atoms with Gasteiger partial charge in [-0.05, 0) is 30.5 Å². The van der Waals surface area contributed by atoms with E-state index < -0.39 is 6.10 Å². The lowest BCUT2D eigenvalue weighted by atomic mass is 10.2. The molecule has 0 unspecified atom stereocenters. The fraction of sp³-hybridized carbons (Fsp3) is 0.278. The summed E-state index contributed by atoms with van der Waals surface area (Å²) in [5, 5.41) is 5.93. The van der Waals surface area contributed by atoms with Crippen LogP contribution in [0.5, 0.6) is 11.5 Å². The van der Waals surface area contributed by atoms with Gasteiger partial charge in [0.2, 0.25) is 17.8 Å². The maximum Gasteiger partial charge on any atom is 0.267 e. The lowest BCUT2D eigenvalue weighted by Crippen LogP contribution is -2.46. The molecule has 8 heteroatoms. The molecule has 26 heavy (non-hydrogen) atoms. The van der Waals surface area contributed by atoms with E-state index in [2.05, 4.69) is 10.1 Å². The van der Waals surface area contributed by atoms with Gasteiger partial charge >= 0.3 is 0 Å². The molecule has 4 rings (SSSR count).